The molecule has 1 atom stereocenters. The summed E-state index contributed by atoms with van der Waals surface area (Å²) in [5.74, 6) is 1.02. The summed E-state index contributed by atoms with van der Waals surface area (Å²) in [7, 11) is 1.80. The molecule has 8 heteroatoms. The van der Waals surface area contributed by atoms with Crippen LogP contribution in [0.3, 0.4) is 0 Å². The molecule has 1 aromatic heterocycles. The minimum absolute atomic E-state index is 0.0246. The Balaban J connectivity index is 1.28. The molecule has 2 aliphatic rings. The Bertz CT molecular complexity index is 894. The summed E-state index contributed by atoms with van der Waals surface area (Å²) in [5.41, 5.74) is 1.09. The van der Waals surface area contributed by atoms with E-state index in [1.807, 2.05) is 35.2 Å². The van der Waals surface area contributed by atoms with Crippen molar-refractivity contribution >= 4 is 11.9 Å². The Morgan fingerprint density at radius 3 is 2.69 bits per heavy atom. The van der Waals surface area contributed by atoms with Crippen molar-refractivity contribution in [3.05, 3.63) is 47.6 Å². The SMILES string of the molecule is CN(Cc1ccccc1)C(=O)CCc1nc(C2CCCN2C(=O)NC2CCCCC2)no1. The first kappa shape index (κ1) is 22.3. The summed E-state index contributed by atoms with van der Waals surface area (Å²) < 4.78 is 5.41. The van der Waals surface area contributed by atoms with Crippen LogP contribution in [0.2, 0.25) is 0 Å². The number of hydrogen-bond donors (Lipinski definition) is 1. The molecule has 2 fully saturated rings. The lowest BCUT2D eigenvalue weighted by atomic mass is 9.96. The second-order valence-corrected chi connectivity index (χ2v) is 8.92. The molecule has 32 heavy (non-hydrogen) atoms. The number of nitrogens with one attached hydrogen (secondary N) is 1. The zero-order valence-corrected chi connectivity index (χ0v) is 18.8. The number of carbonyl (C=O) groups is 2. The molecule has 1 N–H and O–H groups in total. The lowest BCUT2D eigenvalue weighted by Gasteiger charge is -2.28. The first-order valence-corrected chi connectivity index (χ1v) is 11.8. The standard InChI is InChI=1S/C24H33N5O3/c1-28(17-18-9-4-2-5-10-18)22(30)15-14-21-26-23(27-32-21)20-13-8-16-29(20)24(31)25-19-11-6-3-7-12-19/h2,4-5,9-10,19-20H,3,6-8,11-17H2,1H3,(H,25,31). The third-order valence-electron chi connectivity index (χ3n) is 6.47. The van der Waals surface area contributed by atoms with Crippen molar-refractivity contribution in [1.29, 1.82) is 0 Å². The number of rotatable bonds is 7. The largest absolute Gasteiger partial charge is 0.341 e. The third-order valence-corrected chi connectivity index (χ3v) is 6.47. The molecule has 1 saturated carbocycles. The Hall–Kier alpha value is -2.90. The zero-order valence-electron chi connectivity index (χ0n) is 18.8. The minimum Gasteiger partial charge on any atom is -0.341 e. The smallest absolute Gasteiger partial charge is 0.318 e. The molecule has 172 valence electrons. The number of amides is 3. The van der Waals surface area contributed by atoms with Crippen LogP contribution in [0, 0.1) is 0 Å². The summed E-state index contributed by atoms with van der Waals surface area (Å²) in [6, 6.07) is 10.00. The highest BCUT2D eigenvalue weighted by Crippen LogP contribution is 2.30. The number of benzene rings is 1. The fourth-order valence-electron chi connectivity index (χ4n) is 4.64. The van der Waals surface area contributed by atoms with Gasteiger partial charge in [-0.15, -0.1) is 0 Å². The van der Waals surface area contributed by atoms with Gasteiger partial charge in [0.25, 0.3) is 0 Å². The molecular weight excluding hydrogens is 406 g/mol. The van der Waals surface area contributed by atoms with E-state index in [1.54, 1.807) is 11.9 Å². The van der Waals surface area contributed by atoms with Gasteiger partial charge in [-0.3, -0.25) is 4.79 Å². The molecule has 1 unspecified atom stereocenters. The van der Waals surface area contributed by atoms with E-state index >= 15 is 0 Å². The molecule has 0 bridgehead atoms. The number of nitrogens with zero attached hydrogens (tertiary/aromatic N) is 4. The van der Waals surface area contributed by atoms with Gasteiger partial charge < -0.3 is 19.6 Å². The van der Waals surface area contributed by atoms with Crippen LogP contribution in [0.4, 0.5) is 4.79 Å². The van der Waals surface area contributed by atoms with Crippen LogP contribution in [-0.4, -0.2) is 51.5 Å². The molecule has 0 spiro atoms. The van der Waals surface area contributed by atoms with Crippen LogP contribution in [0.15, 0.2) is 34.9 Å². The van der Waals surface area contributed by atoms with Crippen molar-refractivity contribution in [3.63, 3.8) is 0 Å². The van der Waals surface area contributed by atoms with E-state index in [4.69, 9.17) is 4.52 Å². The van der Waals surface area contributed by atoms with E-state index in [2.05, 4.69) is 15.5 Å². The third kappa shape index (κ3) is 5.66. The maximum Gasteiger partial charge on any atom is 0.318 e. The van der Waals surface area contributed by atoms with Crippen molar-refractivity contribution in [1.82, 2.24) is 25.3 Å². The molecule has 2 heterocycles. The van der Waals surface area contributed by atoms with Crippen LogP contribution in [-0.2, 0) is 17.8 Å². The Morgan fingerprint density at radius 2 is 1.91 bits per heavy atom. The molecule has 1 saturated heterocycles. The quantitative estimate of drug-likeness (QED) is 0.708. The predicted octanol–water partition coefficient (Wildman–Crippen LogP) is 3.84. The molecule has 1 aliphatic heterocycles. The fraction of sp³-hybridized carbons (Fsp3) is 0.583. The van der Waals surface area contributed by atoms with Crippen molar-refractivity contribution in [3.8, 4) is 0 Å². The zero-order chi connectivity index (χ0) is 22.3. The summed E-state index contributed by atoms with van der Waals surface area (Å²) in [5, 5.41) is 7.33. The van der Waals surface area contributed by atoms with Crippen LogP contribution in [0.25, 0.3) is 0 Å². The Labute approximate surface area is 189 Å². The van der Waals surface area contributed by atoms with Gasteiger partial charge in [-0.2, -0.15) is 4.98 Å². The van der Waals surface area contributed by atoms with Gasteiger partial charge in [-0.25, -0.2) is 4.79 Å². The average Bonchev–Trinajstić information content (AvgIpc) is 3.48. The fourth-order valence-corrected chi connectivity index (χ4v) is 4.64. The maximum absolute atomic E-state index is 12.8. The van der Waals surface area contributed by atoms with Crippen molar-refractivity contribution < 1.29 is 14.1 Å². The van der Waals surface area contributed by atoms with Gasteiger partial charge in [0.1, 0.15) is 0 Å². The van der Waals surface area contributed by atoms with Crippen LogP contribution in [0.1, 0.15) is 74.7 Å². The van der Waals surface area contributed by atoms with Gasteiger partial charge >= 0.3 is 6.03 Å². The highest BCUT2D eigenvalue weighted by Gasteiger charge is 2.34. The molecular formula is C24H33N5O3. The highest BCUT2D eigenvalue weighted by atomic mass is 16.5. The van der Waals surface area contributed by atoms with E-state index in [1.165, 1.54) is 19.3 Å². The lowest BCUT2D eigenvalue weighted by Crippen LogP contribution is -2.45. The molecule has 1 aromatic carbocycles. The summed E-state index contributed by atoms with van der Waals surface area (Å²) >= 11 is 0. The first-order valence-electron chi connectivity index (χ1n) is 11.8. The van der Waals surface area contributed by atoms with Crippen molar-refractivity contribution in [2.75, 3.05) is 13.6 Å². The Morgan fingerprint density at radius 1 is 1.12 bits per heavy atom. The molecule has 8 nitrogen and oxygen atoms in total. The van der Waals surface area contributed by atoms with E-state index in [0.29, 0.717) is 37.6 Å². The number of urea groups is 1. The van der Waals surface area contributed by atoms with Crippen LogP contribution in [0.5, 0.6) is 0 Å². The maximum atomic E-state index is 12.8. The number of aryl methyl sites for hydroxylation is 1. The summed E-state index contributed by atoms with van der Waals surface area (Å²) in [6.07, 6.45) is 8.20. The topological polar surface area (TPSA) is 91.6 Å². The van der Waals surface area contributed by atoms with Gasteiger partial charge in [0.05, 0.1) is 6.04 Å². The average molecular weight is 440 g/mol. The number of hydrogen-bond acceptors (Lipinski definition) is 5. The monoisotopic (exact) mass is 439 g/mol. The highest BCUT2D eigenvalue weighted by molar-refractivity contribution is 5.76. The van der Waals surface area contributed by atoms with E-state index in [-0.39, 0.29) is 24.0 Å². The van der Waals surface area contributed by atoms with Gasteiger partial charge in [-0.1, -0.05) is 54.8 Å². The molecule has 1 aliphatic carbocycles. The van der Waals surface area contributed by atoms with E-state index < -0.39 is 0 Å². The molecule has 3 amide bonds. The molecule has 4 rings (SSSR count). The van der Waals surface area contributed by atoms with Gasteiger partial charge in [0, 0.05) is 39.0 Å². The van der Waals surface area contributed by atoms with E-state index in [0.717, 1.165) is 31.2 Å². The van der Waals surface area contributed by atoms with Crippen molar-refractivity contribution in [2.45, 2.75) is 76.4 Å². The van der Waals surface area contributed by atoms with Gasteiger partial charge in [0.15, 0.2) is 5.82 Å². The number of carbonyl (C=O) groups excluding carboxylic acids is 2. The van der Waals surface area contributed by atoms with Gasteiger partial charge in [-0.05, 0) is 31.2 Å². The minimum atomic E-state index is -0.160. The lowest BCUT2D eigenvalue weighted by molar-refractivity contribution is -0.130. The molecule has 2 aromatic rings. The number of aromatic nitrogens is 2. The normalized spacial score (nSPS) is 19.2. The Kier molecular flexibility index (Phi) is 7.39. The van der Waals surface area contributed by atoms with Gasteiger partial charge in [0.2, 0.25) is 11.8 Å². The molecule has 0 radical (unpaired) electrons. The number of likely N-dealkylation sites (tertiary alicyclic amines) is 1. The second-order valence-electron chi connectivity index (χ2n) is 8.92. The van der Waals surface area contributed by atoms with E-state index in [9.17, 15) is 9.59 Å². The second kappa shape index (κ2) is 10.6. The van der Waals surface area contributed by atoms with Crippen molar-refractivity contribution in [2.24, 2.45) is 0 Å². The van der Waals surface area contributed by atoms with Crippen LogP contribution >= 0.6 is 0 Å². The van der Waals surface area contributed by atoms with Crippen LogP contribution < -0.4 is 5.32 Å². The predicted molar refractivity (Wildman–Crippen MR) is 120 cm³/mol. The first-order chi connectivity index (χ1) is 15.6. The summed E-state index contributed by atoms with van der Waals surface area (Å²) in [6.45, 7) is 1.28. The summed E-state index contributed by atoms with van der Waals surface area (Å²) in [4.78, 5) is 33.4.